The highest BCUT2D eigenvalue weighted by atomic mass is 19.3. The van der Waals surface area contributed by atoms with Gasteiger partial charge in [-0.15, -0.1) is 0 Å². The SMILES string of the molecule is CC(F)(F)COc1ccccc1C=O. The fourth-order valence-corrected chi connectivity index (χ4v) is 0.914. The highest BCUT2D eigenvalue weighted by Crippen LogP contribution is 2.19. The van der Waals surface area contributed by atoms with Crippen LogP contribution in [0.25, 0.3) is 0 Å². The minimum absolute atomic E-state index is 0.184. The van der Waals surface area contributed by atoms with Gasteiger partial charge in [-0.2, -0.15) is 0 Å². The van der Waals surface area contributed by atoms with E-state index in [2.05, 4.69) is 0 Å². The summed E-state index contributed by atoms with van der Waals surface area (Å²) in [6.45, 7) is 0.0361. The second kappa shape index (κ2) is 4.17. The fraction of sp³-hybridized carbons (Fsp3) is 0.300. The van der Waals surface area contributed by atoms with Crippen molar-refractivity contribution in [2.24, 2.45) is 0 Å². The van der Waals surface area contributed by atoms with Gasteiger partial charge in [0.15, 0.2) is 12.9 Å². The maximum Gasteiger partial charge on any atom is 0.278 e. The van der Waals surface area contributed by atoms with E-state index in [4.69, 9.17) is 4.74 Å². The Morgan fingerprint density at radius 3 is 2.64 bits per heavy atom. The summed E-state index contributed by atoms with van der Waals surface area (Å²) >= 11 is 0. The lowest BCUT2D eigenvalue weighted by molar-refractivity contribution is -0.0231. The Kier molecular flexibility index (Phi) is 3.17. The lowest BCUT2D eigenvalue weighted by atomic mass is 10.2. The second-order valence-electron chi connectivity index (χ2n) is 3.01. The van der Waals surface area contributed by atoms with Gasteiger partial charge in [-0.05, 0) is 12.1 Å². The third-order valence-corrected chi connectivity index (χ3v) is 1.53. The van der Waals surface area contributed by atoms with Crippen molar-refractivity contribution in [3.8, 4) is 5.75 Å². The molecule has 0 bridgehead atoms. The van der Waals surface area contributed by atoms with Gasteiger partial charge in [0, 0.05) is 6.92 Å². The average Bonchev–Trinajstić information content (AvgIpc) is 2.14. The summed E-state index contributed by atoms with van der Waals surface area (Å²) in [5.41, 5.74) is 0.275. The van der Waals surface area contributed by atoms with Gasteiger partial charge in [-0.25, -0.2) is 8.78 Å². The van der Waals surface area contributed by atoms with Gasteiger partial charge in [0.05, 0.1) is 5.56 Å². The standard InChI is InChI=1S/C10H10F2O2/c1-10(11,12)7-14-9-5-3-2-4-8(9)6-13/h2-6H,7H2,1H3. The maximum atomic E-state index is 12.4. The molecule has 4 heteroatoms. The number of alkyl halides is 2. The molecule has 0 atom stereocenters. The molecule has 0 saturated carbocycles. The largest absolute Gasteiger partial charge is 0.487 e. The zero-order valence-corrected chi connectivity index (χ0v) is 7.67. The van der Waals surface area contributed by atoms with Crippen molar-refractivity contribution in [2.45, 2.75) is 12.8 Å². The number of aldehydes is 1. The van der Waals surface area contributed by atoms with Gasteiger partial charge < -0.3 is 4.74 Å². The fourth-order valence-electron chi connectivity index (χ4n) is 0.914. The van der Waals surface area contributed by atoms with E-state index < -0.39 is 12.5 Å². The maximum absolute atomic E-state index is 12.4. The molecule has 0 spiro atoms. The normalized spacial score (nSPS) is 11.1. The third kappa shape index (κ3) is 3.12. The van der Waals surface area contributed by atoms with E-state index in [0.29, 0.717) is 6.29 Å². The van der Waals surface area contributed by atoms with Gasteiger partial charge in [-0.3, -0.25) is 4.79 Å². The molecule has 1 rings (SSSR count). The molecule has 0 aliphatic carbocycles. The number of hydrogen-bond acceptors (Lipinski definition) is 2. The predicted molar refractivity (Wildman–Crippen MR) is 47.9 cm³/mol. The average molecular weight is 200 g/mol. The van der Waals surface area contributed by atoms with Crippen LogP contribution in [0.3, 0.4) is 0 Å². The van der Waals surface area contributed by atoms with Crippen LogP contribution in [-0.2, 0) is 0 Å². The zero-order valence-electron chi connectivity index (χ0n) is 7.67. The summed E-state index contributed by atoms with van der Waals surface area (Å²) < 4.78 is 29.7. The zero-order chi connectivity index (χ0) is 10.6. The van der Waals surface area contributed by atoms with Crippen LogP contribution in [0, 0.1) is 0 Å². The van der Waals surface area contributed by atoms with E-state index in [-0.39, 0.29) is 11.3 Å². The van der Waals surface area contributed by atoms with Crippen LogP contribution in [0.15, 0.2) is 24.3 Å². The number of para-hydroxylation sites is 1. The summed E-state index contributed by atoms with van der Waals surface area (Å²) in [4.78, 5) is 10.5. The molecule has 0 radical (unpaired) electrons. The Balaban J connectivity index is 2.71. The Morgan fingerprint density at radius 1 is 1.43 bits per heavy atom. The molecule has 1 aromatic rings. The van der Waals surface area contributed by atoms with Crippen molar-refractivity contribution in [2.75, 3.05) is 6.61 Å². The highest BCUT2D eigenvalue weighted by molar-refractivity contribution is 5.79. The summed E-state index contributed by atoms with van der Waals surface area (Å²) in [6.07, 6.45) is 0.573. The molecule has 0 aromatic heterocycles. The predicted octanol–water partition coefficient (Wildman–Crippen LogP) is 2.53. The molecule has 0 saturated heterocycles. The van der Waals surface area contributed by atoms with Crippen molar-refractivity contribution in [3.63, 3.8) is 0 Å². The summed E-state index contributed by atoms with van der Waals surface area (Å²) in [5, 5.41) is 0. The van der Waals surface area contributed by atoms with Gasteiger partial charge >= 0.3 is 0 Å². The number of carbonyl (C=O) groups is 1. The molecule has 0 unspecified atom stereocenters. The molecular weight excluding hydrogens is 190 g/mol. The van der Waals surface area contributed by atoms with E-state index in [1.165, 1.54) is 12.1 Å². The molecule has 14 heavy (non-hydrogen) atoms. The van der Waals surface area contributed by atoms with Crippen LogP contribution in [0.4, 0.5) is 8.78 Å². The smallest absolute Gasteiger partial charge is 0.278 e. The van der Waals surface area contributed by atoms with E-state index in [0.717, 1.165) is 6.92 Å². The minimum atomic E-state index is -2.89. The summed E-state index contributed by atoms with van der Waals surface area (Å²) in [7, 11) is 0. The monoisotopic (exact) mass is 200 g/mol. The molecule has 1 aromatic carbocycles. The van der Waals surface area contributed by atoms with Crippen LogP contribution in [-0.4, -0.2) is 18.8 Å². The van der Waals surface area contributed by atoms with Crippen molar-refractivity contribution in [1.82, 2.24) is 0 Å². The van der Waals surface area contributed by atoms with Crippen molar-refractivity contribution in [1.29, 1.82) is 0 Å². The van der Waals surface area contributed by atoms with E-state index in [1.807, 2.05) is 0 Å². The van der Waals surface area contributed by atoms with Crippen LogP contribution in [0.5, 0.6) is 5.75 Å². The molecule has 0 N–H and O–H groups in total. The lowest BCUT2D eigenvalue weighted by Gasteiger charge is -2.12. The minimum Gasteiger partial charge on any atom is -0.487 e. The van der Waals surface area contributed by atoms with E-state index in [1.54, 1.807) is 12.1 Å². The van der Waals surface area contributed by atoms with Crippen LogP contribution in [0.2, 0.25) is 0 Å². The van der Waals surface area contributed by atoms with Crippen LogP contribution < -0.4 is 4.74 Å². The summed E-state index contributed by atoms with van der Waals surface area (Å²) in [6, 6.07) is 6.25. The number of benzene rings is 1. The van der Waals surface area contributed by atoms with Gasteiger partial charge in [-0.1, -0.05) is 12.1 Å². The first-order valence-corrected chi connectivity index (χ1v) is 4.08. The number of hydrogen-bond donors (Lipinski definition) is 0. The Labute approximate surface area is 80.5 Å². The Morgan fingerprint density at radius 2 is 2.07 bits per heavy atom. The third-order valence-electron chi connectivity index (χ3n) is 1.53. The molecule has 0 fully saturated rings. The van der Waals surface area contributed by atoms with Crippen LogP contribution in [0.1, 0.15) is 17.3 Å². The molecular formula is C10H10F2O2. The first-order valence-electron chi connectivity index (χ1n) is 4.08. The lowest BCUT2D eigenvalue weighted by Crippen LogP contribution is -2.21. The molecule has 76 valence electrons. The summed E-state index contributed by atoms with van der Waals surface area (Å²) in [5.74, 6) is -2.71. The van der Waals surface area contributed by atoms with Crippen molar-refractivity contribution in [3.05, 3.63) is 29.8 Å². The molecule has 0 amide bonds. The quantitative estimate of drug-likeness (QED) is 0.698. The number of halogens is 2. The number of ether oxygens (including phenoxy) is 1. The Hall–Kier alpha value is -1.45. The first kappa shape index (κ1) is 10.6. The van der Waals surface area contributed by atoms with Gasteiger partial charge in [0.1, 0.15) is 5.75 Å². The highest BCUT2D eigenvalue weighted by Gasteiger charge is 2.22. The first-order chi connectivity index (χ1) is 6.53. The van der Waals surface area contributed by atoms with Crippen molar-refractivity contribution < 1.29 is 18.3 Å². The molecule has 0 heterocycles. The van der Waals surface area contributed by atoms with E-state index >= 15 is 0 Å². The molecule has 2 nitrogen and oxygen atoms in total. The second-order valence-corrected chi connectivity index (χ2v) is 3.01. The van der Waals surface area contributed by atoms with Gasteiger partial charge in [0.2, 0.25) is 0 Å². The topological polar surface area (TPSA) is 26.3 Å². The van der Waals surface area contributed by atoms with Crippen LogP contribution >= 0.6 is 0 Å². The van der Waals surface area contributed by atoms with Crippen molar-refractivity contribution >= 4 is 6.29 Å². The molecule has 0 aliphatic heterocycles. The number of carbonyl (C=O) groups excluding carboxylic acids is 1. The van der Waals surface area contributed by atoms with Gasteiger partial charge in [0.25, 0.3) is 5.92 Å². The molecule has 0 aliphatic rings. The van der Waals surface area contributed by atoms with E-state index in [9.17, 15) is 13.6 Å². The number of rotatable bonds is 4. The Bertz CT molecular complexity index is 318.